The molecule has 1 aromatic carbocycles. The Labute approximate surface area is 117 Å². The van der Waals surface area contributed by atoms with Gasteiger partial charge in [-0.05, 0) is 18.6 Å². The molecule has 0 aliphatic rings. The van der Waals surface area contributed by atoms with Gasteiger partial charge < -0.3 is 5.32 Å². The van der Waals surface area contributed by atoms with Gasteiger partial charge >= 0.3 is 0 Å². The molecule has 1 unspecified atom stereocenters. The van der Waals surface area contributed by atoms with Crippen LogP contribution in [0.5, 0.6) is 0 Å². The Balaban J connectivity index is 2.13. The van der Waals surface area contributed by atoms with Crippen LogP contribution in [-0.4, -0.2) is 27.8 Å². The molecule has 4 nitrogen and oxygen atoms in total. The third kappa shape index (κ3) is 3.41. The maximum absolute atomic E-state index is 12.1. The highest BCUT2D eigenvalue weighted by atomic mass is 35.5. The second-order valence-electron chi connectivity index (χ2n) is 4.33. The van der Waals surface area contributed by atoms with Crippen LogP contribution in [0.1, 0.15) is 30.1 Å². The Hall–Kier alpha value is -1.68. The number of fused-ring (bicyclic) bond motifs is 1. The number of halogens is 1. The first-order chi connectivity index (χ1) is 9.22. The minimum absolute atomic E-state index is 0.0324. The zero-order valence-electron chi connectivity index (χ0n) is 10.8. The van der Waals surface area contributed by atoms with Gasteiger partial charge in [-0.1, -0.05) is 19.4 Å². The lowest BCUT2D eigenvalue weighted by atomic mass is 10.1. The summed E-state index contributed by atoms with van der Waals surface area (Å²) in [6, 6.07) is 5.38. The fourth-order valence-electron chi connectivity index (χ4n) is 1.89. The fourth-order valence-corrected chi connectivity index (χ4v) is 2.19. The summed E-state index contributed by atoms with van der Waals surface area (Å²) in [7, 11) is 0. The van der Waals surface area contributed by atoms with E-state index in [9.17, 15) is 4.79 Å². The number of carbonyl (C=O) groups excluding carboxylic acids is 1. The van der Waals surface area contributed by atoms with E-state index in [4.69, 9.17) is 11.6 Å². The third-order valence-corrected chi connectivity index (χ3v) is 3.20. The van der Waals surface area contributed by atoms with Crippen LogP contribution in [0.25, 0.3) is 11.0 Å². The van der Waals surface area contributed by atoms with Crippen LogP contribution in [0.4, 0.5) is 0 Å². The molecule has 0 radical (unpaired) electrons. The van der Waals surface area contributed by atoms with Crippen molar-refractivity contribution in [3.63, 3.8) is 0 Å². The summed E-state index contributed by atoms with van der Waals surface area (Å²) >= 11 is 6.09. The summed E-state index contributed by atoms with van der Waals surface area (Å²) in [4.78, 5) is 20.5. The van der Waals surface area contributed by atoms with Crippen molar-refractivity contribution in [2.24, 2.45) is 0 Å². The molecule has 2 rings (SSSR count). The second-order valence-corrected chi connectivity index (χ2v) is 4.94. The van der Waals surface area contributed by atoms with Gasteiger partial charge in [-0.25, -0.2) is 0 Å². The van der Waals surface area contributed by atoms with Crippen molar-refractivity contribution < 1.29 is 4.79 Å². The van der Waals surface area contributed by atoms with E-state index in [2.05, 4.69) is 22.2 Å². The van der Waals surface area contributed by atoms with Crippen molar-refractivity contribution in [2.45, 2.75) is 25.1 Å². The lowest BCUT2D eigenvalue weighted by molar-refractivity contribution is 0.0954. The highest BCUT2D eigenvalue weighted by Gasteiger charge is 2.12. The van der Waals surface area contributed by atoms with E-state index in [0.29, 0.717) is 23.1 Å². The number of aromatic nitrogens is 2. The Morgan fingerprint density at radius 1 is 1.37 bits per heavy atom. The monoisotopic (exact) mass is 277 g/mol. The highest BCUT2D eigenvalue weighted by Crippen LogP contribution is 2.13. The maximum atomic E-state index is 12.1. The molecule has 5 heteroatoms. The molecule has 100 valence electrons. The molecule has 0 saturated carbocycles. The molecular weight excluding hydrogens is 262 g/mol. The lowest BCUT2D eigenvalue weighted by Crippen LogP contribution is -2.29. The summed E-state index contributed by atoms with van der Waals surface area (Å²) in [6.07, 6.45) is 5.08. The Bertz CT molecular complexity index is 568. The van der Waals surface area contributed by atoms with Crippen molar-refractivity contribution in [3.05, 3.63) is 36.2 Å². The largest absolute Gasteiger partial charge is 0.350 e. The molecule has 0 bridgehead atoms. The molecule has 1 N–H and O–H groups in total. The molecule has 0 aliphatic carbocycles. The number of alkyl halides is 1. The van der Waals surface area contributed by atoms with Crippen LogP contribution in [-0.2, 0) is 0 Å². The Kier molecular flexibility index (Phi) is 4.68. The first kappa shape index (κ1) is 13.7. The van der Waals surface area contributed by atoms with Crippen molar-refractivity contribution in [1.29, 1.82) is 0 Å². The standard InChI is InChI=1S/C14H16ClN3O/c1-2-4-10(15)9-18-14(19)11-5-3-6-12-13(11)17-8-7-16-12/h3,5-8,10H,2,4,9H2,1H3,(H,18,19). The molecule has 1 atom stereocenters. The number of benzene rings is 1. The van der Waals surface area contributed by atoms with Gasteiger partial charge in [0, 0.05) is 18.9 Å². The number of amides is 1. The first-order valence-electron chi connectivity index (χ1n) is 6.34. The van der Waals surface area contributed by atoms with Crippen LogP contribution in [0.3, 0.4) is 0 Å². The molecule has 1 amide bonds. The van der Waals surface area contributed by atoms with Crippen molar-refractivity contribution in [1.82, 2.24) is 15.3 Å². The molecule has 19 heavy (non-hydrogen) atoms. The Morgan fingerprint density at radius 3 is 2.95 bits per heavy atom. The highest BCUT2D eigenvalue weighted by molar-refractivity contribution is 6.21. The summed E-state index contributed by atoms with van der Waals surface area (Å²) in [6.45, 7) is 2.53. The van der Waals surface area contributed by atoms with Gasteiger partial charge in [0.25, 0.3) is 5.91 Å². The third-order valence-electron chi connectivity index (χ3n) is 2.83. The van der Waals surface area contributed by atoms with E-state index in [0.717, 1.165) is 12.8 Å². The minimum Gasteiger partial charge on any atom is -0.350 e. The van der Waals surface area contributed by atoms with Crippen LogP contribution >= 0.6 is 11.6 Å². The lowest BCUT2D eigenvalue weighted by Gasteiger charge is -2.10. The maximum Gasteiger partial charge on any atom is 0.253 e. The molecule has 2 aromatic rings. The fraction of sp³-hybridized carbons (Fsp3) is 0.357. The topological polar surface area (TPSA) is 54.9 Å². The van der Waals surface area contributed by atoms with Gasteiger partial charge in [-0.3, -0.25) is 14.8 Å². The van der Waals surface area contributed by atoms with Crippen LogP contribution < -0.4 is 5.32 Å². The van der Waals surface area contributed by atoms with Gasteiger partial charge in [-0.2, -0.15) is 0 Å². The minimum atomic E-state index is -0.159. The average molecular weight is 278 g/mol. The SMILES string of the molecule is CCCC(Cl)CNC(=O)c1cccc2nccnc12. The van der Waals surface area contributed by atoms with Gasteiger partial charge in [-0.15, -0.1) is 11.6 Å². The molecule has 1 aromatic heterocycles. The number of carbonyl (C=O) groups is 1. The van der Waals surface area contributed by atoms with Gasteiger partial charge in [0.2, 0.25) is 0 Å². The van der Waals surface area contributed by atoms with E-state index >= 15 is 0 Å². The Morgan fingerprint density at radius 2 is 2.16 bits per heavy atom. The summed E-state index contributed by atoms with van der Waals surface area (Å²) in [5.41, 5.74) is 1.86. The zero-order chi connectivity index (χ0) is 13.7. The van der Waals surface area contributed by atoms with E-state index in [1.807, 2.05) is 6.07 Å². The molecule has 0 spiro atoms. The first-order valence-corrected chi connectivity index (χ1v) is 6.78. The van der Waals surface area contributed by atoms with Gasteiger partial charge in [0.1, 0.15) is 5.52 Å². The van der Waals surface area contributed by atoms with Crippen molar-refractivity contribution in [3.8, 4) is 0 Å². The van der Waals surface area contributed by atoms with E-state index in [1.165, 1.54) is 0 Å². The zero-order valence-corrected chi connectivity index (χ0v) is 11.5. The summed E-state index contributed by atoms with van der Waals surface area (Å²) in [5, 5.41) is 2.80. The van der Waals surface area contributed by atoms with E-state index < -0.39 is 0 Å². The van der Waals surface area contributed by atoms with Gasteiger partial charge in [0.05, 0.1) is 16.5 Å². The molecule has 0 fully saturated rings. The number of hydrogen-bond acceptors (Lipinski definition) is 3. The van der Waals surface area contributed by atoms with Crippen LogP contribution in [0, 0.1) is 0 Å². The van der Waals surface area contributed by atoms with Crippen molar-refractivity contribution >= 4 is 28.5 Å². The van der Waals surface area contributed by atoms with Crippen molar-refractivity contribution in [2.75, 3.05) is 6.54 Å². The predicted molar refractivity (Wildman–Crippen MR) is 76.4 cm³/mol. The summed E-state index contributed by atoms with van der Waals surface area (Å²) < 4.78 is 0. The summed E-state index contributed by atoms with van der Waals surface area (Å²) in [5.74, 6) is -0.159. The number of nitrogens with one attached hydrogen (secondary N) is 1. The number of rotatable bonds is 5. The predicted octanol–water partition coefficient (Wildman–Crippen LogP) is 2.77. The second kappa shape index (κ2) is 6.48. The molecule has 0 saturated heterocycles. The van der Waals surface area contributed by atoms with Crippen LogP contribution in [0.2, 0.25) is 0 Å². The number of para-hydroxylation sites is 1. The van der Waals surface area contributed by atoms with Gasteiger partial charge in [0.15, 0.2) is 0 Å². The molecule has 1 heterocycles. The number of nitrogens with zero attached hydrogens (tertiary/aromatic N) is 2. The normalized spacial score (nSPS) is 12.3. The van der Waals surface area contributed by atoms with E-state index in [1.54, 1.807) is 24.5 Å². The van der Waals surface area contributed by atoms with E-state index in [-0.39, 0.29) is 11.3 Å². The smallest absolute Gasteiger partial charge is 0.253 e. The van der Waals surface area contributed by atoms with Crippen LogP contribution in [0.15, 0.2) is 30.6 Å². The molecular formula is C14H16ClN3O. The average Bonchev–Trinajstić information content (AvgIpc) is 2.44. The quantitative estimate of drug-likeness (QED) is 0.855. The molecule has 0 aliphatic heterocycles. The number of hydrogen-bond donors (Lipinski definition) is 1.